The molecule has 2 rings (SSSR count). The first-order valence-electron chi connectivity index (χ1n) is 6.27. The average Bonchev–Trinajstić information content (AvgIpc) is 2.31. The van der Waals surface area contributed by atoms with E-state index in [0.29, 0.717) is 17.3 Å². The first-order chi connectivity index (χ1) is 8.52. The van der Waals surface area contributed by atoms with Gasteiger partial charge in [0, 0.05) is 19.1 Å². The molecule has 1 saturated heterocycles. The van der Waals surface area contributed by atoms with Crippen LogP contribution in [0.15, 0.2) is 0 Å². The lowest BCUT2D eigenvalue weighted by molar-refractivity contribution is 0.399. The summed E-state index contributed by atoms with van der Waals surface area (Å²) in [6.07, 6.45) is 1.02. The van der Waals surface area contributed by atoms with Crippen LogP contribution in [0.5, 0.6) is 0 Å². The molecule has 0 bridgehead atoms. The summed E-state index contributed by atoms with van der Waals surface area (Å²) < 4.78 is 0. The fraction of sp³-hybridized carbons (Fsp3) is 0.615. The zero-order valence-electron chi connectivity index (χ0n) is 11.1. The van der Waals surface area contributed by atoms with Gasteiger partial charge in [0.05, 0.1) is 5.69 Å². The van der Waals surface area contributed by atoms with Crippen molar-refractivity contribution in [2.75, 3.05) is 18.0 Å². The van der Waals surface area contributed by atoms with Crippen LogP contribution in [0.1, 0.15) is 30.2 Å². The summed E-state index contributed by atoms with van der Waals surface area (Å²) in [7, 11) is 0. The number of aryl methyl sites for hydroxylation is 1. The van der Waals surface area contributed by atoms with Gasteiger partial charge in [0.25, 0.3) is 0 Å². The Morgan fingerprint density at radius 1 is 1.33 bits per heavy atom. The van der Waals surface area contributed by atoms with E-state index in [1.54, 1.807) is 0 Å². The number of nitrogens with zero attached hydrogens (tertiary/aromatic N) is 4. The average molecular weight is 245 g/mol. The zero-order valence-corrected chi connectivity index (χ0v) is 11.1. The minimum Gasteiger partial charge on any atom is -0.352 e. The molecule has 2 atom stereocenters. The summed E-state index contributed by atoms with van der Waals surface area (Å²) in [5.74, 6) is 1.20. The molecule has 2 unspecified atom stereocenters. The van der Waals surface area contributed by atoms with Crippen LogP contribution in [0, 0.1) is 31.1 Å². The minimum atomic E-state index is 0.142. The Kier molecular flexibility index (Phi) is 3.48. The highest BCUT2D eigenvalue weighted by molar-refractivity contribution is 5.57. The largest absolute Gasteiger partial charge is 0.352 e. The number of anilines is 1. The number of hydrogen-bond acceptors (Lipinski definition) is 5. The smallest absolute Gasteiger partial charge is 0.169 e. The van der Waals surface area contributed by atoms with Gasteiger partial charge in [-0.2, -0.15) is 10.4 Å². The molecule has 1 aliphatic rings. The molecule has 5 heteroatoms. The maximum absolute atomic E-state index is 9.31. The van der Waals surface area contributed by atoms with Gasteiger partial charge in [0.15, 0.2) is 5.82 Å². The summed E-state index contributed by atoms with van der Waals surface area (Å²) in [6, 6.07) is 2.39. The fourth-order valence-electron chi connectivity index (χ4n) is 2.52. The lowest BCUT2D eigenvalue weighted by Crippen LogP contribution is -2.47. The first-order valence-corrected chi connectivity index (χ1v) is 6.27. The predicted molar refractivity (Wildman–Crippen MR) is 70.2 cm³/mol. The van der Waals surface area contributed by atoms with E-state index in [-0.39, 0.29) is 6.04 Å². The monoisotopic (exact) mass is 245 g/mol. The molecule has 1 fully saturated rings. The van der Waals surface area contributed by atoms with Gasteiger partial charge in [-0.05, 0) is 31.7 Å². The van der Waals surface area contributed by atoms with Crippen LogP contribution in [-0.4, -0.2) is 29.3 Å². The molecule has 0 amide bonds. The lowest BCUT2D eigenvalue weighted by atomic mass is 9.96. The molecule has 1 aliphatic heterocycles. The number of nitriles is 1. The molecule has 0 saturated carbocycles. The second-order valence-electron chi connectivity index (χ2n) is 5.23. The SMILES string of the molecule is Cc1nnc(N2CC(C)CC(N)C2)c(C#N)c1C. The van der Waals surface area contributed by atoms with Crippen LogP contribution >= 0.6 is 0 Å². The zero-order chi connectivity index (χ0) is 13.3. The van der Waals surface area contributed by atoms with Crippen molar-refractivity contribution in [2.24, 2.45) is 11.7 Å². The van der Waals surface area contributed by atoms with Crippen LogP contribution in [0.25, 0.3) is 0 Å². The first kappa shape index (κ1) is 12.8. The number of aromatic nitrogens is 2. The van der Waals surface area contributed by atoms with E-state index in [2.05, 4.69) is 28.1 Å². The molecule has 1 aromatic heterocycles. The molecular formula is C13H19N5. The Labute approximate surface area is 108 Å². The van der Waals surface area contributed by atoms with Crippen LogP contribution in [0.4, 0.5) is 5.82 Å². The van der Waals surface area contributed by atoms with Gasteiger partial charge < -0.3 is 10.6 Å². The van der Waals surface area contributed by atoms with Crippen molar-refractivity contribution in [1.29, 1.82) is 5.26 Å². The quantitative estimate of drug-likeness (QED) is 0.802. The Morgan fingerprint density at radius 2 is 2.06 bits per heavy atom. The molecule has 96 valence electrons. The molecule has 2 heterocycles. The molecule has 0 aromatic carbocycles. The highest BCUT2D eigenvalue weighted by Crippen LogP contribution is 2.25. The highest BCUT2D eigenvalue weighted by atomic mass is 15.3. The van der Waals surface area contributed by atoms with Gasteiger partial charge in [0.2, 0.25) is 0 Å². The number of nitrogens with two attached hydrogens (primary N) is 1. The van der Waals surface area contributed by atoms with Gasteiger partial charge >= 0.3 is 0 Å². The van der Waals surface area contributed by atoms with Crippen LogP contribution in [0.3, 0.4) is 0 Å². The maximum atomic E-state index is 9.31. The molecule has 0 radical (unpaired) electrons. The van der Waals surface area contributed by atoms with Crippen molar-refractivity contribution in [2.45, 2.75) is 33.2 Å². The van der Waals surface area contributed by atoms with E-state index in [1.165, 1.54) is 0 Å². The molecular weight excluding hydrogens is 226 g/mol. The van der Waals surface area contributed by atoms with E-state index >= 15 is 0 Å². The lowest BCUT2D eigenvalue weighted by Gasteiger charge is -2.35. The highest BCUT2D eigenvalue weighted by Gasteiger charge is 2.26. The Bertz CT molecular complexity index is 481. The second kappa shape index (κ2) is 4.91. The Hall–Kier alpha value is -1.67. The topological polar surface area (TPSA) is 78.8 Å². The fourth-order valence-corrected chi connectivity index (χ4v) is 2.52. The molecule has 0 spiro atoms. The Morgan fingerprint density at radius 3 is 2.67 bits per heavy atom. The molecule has 2 N–H and O–H groups in total. The van der Waals surface area contributed by atoms with Crippen LogP contribution < -0.4 is 10.6 Å². The van der Waals surface area contributed by atoms with Crippen molar-refractivity contribution in [3.05, 3.63) is 16.8 Å². The van der Waals surface area contributed by atoms with E-state index < -0.39 is 0 Å². The number of hydrogen-bond donors (Lipinski definition) is 1. The molecule has 18 heavy (non-hydrogen) atoms. The number of piperidine rings is 1. The van der Waals surface area contributed by atoms with Gasteiger partial charge in [-0.1, -0.05) is 6.92 Å². The standard InChI is InChI=1S/C13H19N5/c1-8-4-11(15)7-18(6-8)13-12(5-14)9(2)10(3)16-17-13/h8,11H,4,6-7,15H2,1-3H3. The third-order valence-electron chi connectivity index (χ3n) is 3.54. The summed E-state index contributed by atoms with van der Waals surface area (Å²) in [4.78, 5) is 2.09. The predicted octanol–water partition coefficient (Wildman–Crippen LogP) is 1.14. The van der Waals surface area contributed by atoms with E-state index in [9.17, 15) is 5.26 Å². The van der Waals surface area contributed by atoms with Gasteiger partial charge in [-0.25, -0.2) is 0 Å². The third-order valence-corrected chi connectivity index (χ3v) is 3.54. The van der Waals surface area contributed by atoms with Crippen molar-refractivity contribution in [1.82, 2.24) is 10.2 Å². The molecule has 0 aliphatic carbocycles. The van der Waals surface area contributed by atoms with Crippen molar-refractivity contribution >= 4 is 5.82 Å². The third kappa shape index (κ3) is 2.29. The Balaban J connectivity index is 2.39. The molecule has 5 nitrogen and oxygen atoms in total. The van der Waals surface area contributed by atoms with Gasteiger partial charge in [0.1, 0.15) is 11.6 Å². The van der Waals surface area contributed by atoms with E-state index in [4.69, 9.17) is 5.73 Å². The van der Waals surface area contributed by atoms with Gasteiger partial charge in [-0.15, -0.1) is 5.10 Å². The van der Waals surface area contributed by atoms with Crippen molar-refractivity contribution in [3.63, 3.8) is 0 Å². The van der Waals surface area contributed by atoms with E-state index in [0.717, 1.165) is 30.8 Å². The van der Waals surface area contributed by atoms with E-state index in [1.807, 2.05) is 13.8 Å². The normalized spacial score (nSPS) is 23.8. The second-order valence-corrected chi connectivity index (χ2v) is 5.23. The number of rotatable bonds is 1. The minimum absolute atomic E-state index is 0.142. The summed E-state index contributed by atoms with van der Waals surface area (Å²) in [6.45, 7) is 7.60. The summed E-state index contributed by atoms with van der Waals surface area (Å²) in [5.41, 5.74) is 8.39. The molecule has 1 aromatic rings. The van der Waals surface area contributed by atoms with Crippen LogP contribution in [0.2, 0.25) is 0 Å². The maximum Gasteiger partial charge on any atom is 0.169 e. The van der Waals surface area contributed by atoms with Gasteiger partial charge in [-0.3, -0.25) is 0 Å². The van der Waals surface area contributed by atoms with Crippen molar-refractivity contribution < 1.29 is 0 Å². The summed E-state index contributed by atoms with van der Waals surface area (Å²) >= 11 is 0. The van der Waals surface area contributed by atoms with Crippen molar-refractivity contribution in [3.8, 4) is 6.07 Å². The van der Waals surface area contributed by atoms with Crippen LogP contribution in [-0.2, 0) is 0 Å². The summed E-state index contributed by atoms with van der Waals surface area (Å²) in [5, 5.41) is 17.6.